The fourth-order valence-electron chi connectivity index (χ4n) is 1.63. The van der Waals surface area contributed by atoms with Gasteiger partial charge in [0.2, 0.25) is 0 Å². The summed E-state index contributed by atoms with van der Waals surface area (Å²) in [5, 5.41) is 3.05. The molecule has 0 amide bonds. The van der Waals surface area contributed by atoms with Crippen molar-refractivity contribution in [1.82, 2.24) is 0 Å². The maximum absolute atomic E-state index is 12.0. The van der Waals surface area contributed by atoms with Crippen LogP contribution < -0.4 is 10.1 Å². The molecule has 1 N–H and O–H groups in total. The van der Waals surface area contributed by atoms with Gasteiger partial charge in [0.05, 0.1) is 7.11 Å². The lowest BCUT2D eigenvalue weighted by molar-refractivity contribution is 0.104. The summed E-state index contributed by atoms with van der Waals surface area (Å²) in [6.45, 7) is 0. The normalized spacial score (nSPS) is 10.5. The fraction of sp³-hybridized carbons (Fsp3) is 0.0625. The van der Waals surface area contributed by atoms with Crippen LogP contribution in [0.1, 0.15) is 10.4 Å². The van der Waals surface area contributed by atoms with Crippen molar-refractivity contribution in [3.63, 3.8) is 0 Å². The van der Waals surface area contributed by atoms with Gasteiger partial charge in [0, 0.05) is 28.0 Å². The lowest BCUT2D eigenvalue weighted by Crippen LogP contribution is -1.97. The molecule has 3 nitrogen and oxygen atoms in total. The number of benzene rings is 2. The summed E-state index contributed by atoms with van der Waals surface area (Å²) in [4.78, 5) is 12.0. The molecule has 0 unspecified atom stereocenters. The van der Waals surface area contributed by atoms with E-state index in [1.165, 1.54) is 6.08 Å². The van der Waals surface area contributed by atoms with Gasteiger partial charge in [0.15, 0.2) is 5.78 Å². The summed E-state index contributed by atoms with van der Waals surface area (Å²) < 4.78 is 6.11. The quantitative estimate of drug-likeness (QED) is 0.656. The Kier molecular flexibility index (Phi) is 4.96. The highest BCUT2D eigenvalue weighted by molar-refractivity contribution is 9.10. The Bertz CT molecular complexity index is 621. The predicted octanol–water partition coefficient (Wildman–Crippen LogP) is 4.27. The molecule has 0 atom stereocenters. The molecule has 0 radical (unpaired) electrons. The van der Waals surface area contributed by atoms with Gasteiger partial charge in [-0.25, -0.2) is 0 Å². The van der Waals surface area contributed by atoms with E-state index in [9.17, 15) is 4.79 Å². The van der Waals surface area contributed by atoms with Crippen molar-refractivity contribution in [3.8, 4) is 5.75 Å². The van der Waals surface area contributed by atoms with Crippen molar-refractivity contribution in [2.45, 2.75) is 0 Å². The first-order valence-corrected chi connectivity index (χ1v) is 6.85. The van der Waals surface area contributed by atoms with E-state index in [-0.39, 0.29) is 5.78 Å². The molecule has 0 spiro atoms. The minimum atomic E-state index is -0.0755. The molecule has 20 heavy (non-hydrogen) atoms. The molecule has 0 aromatic heterocycles. The van der Waals surface area contributed by atoms with Gasteiger partial charge >= 0.3 is 0 Å². The minimum absolute atomic E-state index is 0.0755. The smallest absolute Gasteiger partial charge is 0.187 e. The summed E-state index contributed by atoms with van der Waals surface area (Å²) in [6.07, 6.45) is 3.13. The molecule has 0 heterocycles. The number of ketones is 1. The van der Waals surface area contributed by atoms with Crippen LogP contribution in [-0.2, 0) is 0 Å². The zero-order valence-corrected chi connectivity index (χ0v) is 12.6. The van der Waals surface area contributed by atoms with E-state index in [0.717, 1.165) is 10.2 Å². The number of hydrogen-bond donors (Lipinski definition) is 1. The third-order valence-corrected chi connectivity index (χ3v) is 3.21. The number of carbonyl (C=O) groups is 1. The highest BCUT2D eigenvalue weighted by Gasteiger charge is 2.02. The number of methoxy groups -OCH3 is 1. The maximum atomic E-state index is 12.0. The van der Waals surface area contributed by atoms with Crippen LogP contribution in [0, 0.1) is 0 Å². The molecule has 0 fully saturated rings. The monoisotopic (exact) mass is 331 g/mol. The van der Waals surface area contributed by atoms with Gasteiger partial charge in [-0.2, -0.15) is 0 Å². The first kappa shape index (κ1) is 14.3. The van der Waals surface area contributed by atoms with Crippen LogP contribution in [0.5, 0.6) is 5.75 Å². The van der Waals surface area contributed by atoms with Crippen molar-refractivity contribution < 1.29 is 9.53 Å². The maximum Gasteiger partial charge on any atom is 0.187 e. The van der Waals surface area contributed by atoms with E-state index in [2.05, 4.69) is 21.2 Å². The molecule has 0 bridgehead atoms. The Labute approximate surface area is 126 Å². The minimum Gasteiger partial charge on any atom is -0.497 e. The Morgan fingerprint density at radius 3 is 2.65 bits per heavy atom. The average molecular weight is 332 g/mol. The van der Waals surface area contributed by atoms with Gasteiger partial charge in [-0.05, 0) is 36.4 Å². The van der Waals surface area contributed by atoms with E-state index in [1.54, 1.807) is 37.6 Å². The molecule has 2 aromatic rings. The molecule has 4 heteroatoms. The van der Waals surface area contributed by atoms with Gasteiger partial charge in [-0.1, -0.05) is 28.1 Å². The van der Waals surface area contributed by atoms with Gasteiger partial charge in [-0.15, -0.1) is 0 Å². The number of rotatable bonds is 5. The number of allylic oxidation sites excluding steroid dienone is 1. The second-order valence-corrected chi connectivity index (χ2v) is 5.00. The predicted molar refractivity (Wildman–Crippen MR) is 84.2 cm³/mol. The van der Waals surface area contributed by atoms with Crippen molar-refractivity contribution >= 4 is 27.4 Å². The summed E-state index contributed by atoms with van der Waals surface area (Å²) in [7, 11) is 1.58. The second-order valence-electron chi connectivity index (χ2n) is 4.08. The molecule has 2 aromatic carbocycles. The standard InChI is InChI=1S/C16H14BrNO2/c1-20-15-4-2-3-12(11-15)16(19)9-10-18-14-7-5-13(17)6-8-14/h2-11,18H,1H3. The van der Waals surface area contributed by atoms with E-state index in [1.807, 2.05) is 24.3 Å². The number of nitrogens with one attached hydrogen (secondary N) is 1. The first-order valence-electron chi connectivity index (χ1n) is 6.06. The zero-order valence-electron chi connectivity index (χ0n) is 11.0. The molecular weight excluding hydrogens is 318 g/mol. The van der Waals surface area contributed by atoms with E-state index in [4.69, 9.17) is 4.74 Å². The molecule has 0 saturated heterocycles. The Morgan fingerprint density at radius 1 is 1.20 bits per heavy atom. The van der Waals surface area contributed by atoms with E-state index >= 15 is 0 Å². The summed E-state index contributed by atoms with van der Waals surface area (Å²) >= 11 is 3.37. The highest BCUT2D eigenvalue weighted by Crippen LogP contribution is 2.15. The number of halogens is 1. The molecule has 102 valence electrons. The molecule has 0 aliphatic heterocycles. The topological polar surface area (TPSA) is 38.3 Å². The fourth-order valence-corrected chi connectivity index (χ4v) is 1.90. The van der Waals surface area contributed by atoms with Crippen LogP contribution in [0.2, 0.25) is 0 Å². The van der Waals surface area contributed by atoms with Crippen molar-refractivity contribution in [3.05, 3.63) is 70.8 Å². The van der Waals surface area contributed by atoms with E-state index in [0.29, 0.717) is 11.3 Å². The van der Waals surface area contributed by atoms with E-state index < -0.39 is 0 Å². The second kappa shape index (κ2) is 6.91. The van der Waals surface area contributed by atoms with Crippen LogP contribution >= 0.6 is 15.9 Å². The van der Waals surface area contributed by atoms with Crippen LogP contribution in [-0.4, -0.2) is 12.9 Å². The zero-order chi connectivity index (χ0) is 14.4. The largest absolute Gasteiger partial charge is 0.497 e. The van der Waals surface area contributed by atoms with Crippen LogP contribution in [0.15, 0.2) is 65.3 Å². The average Bonchev–Trinajstić information content (AvgIpc) is 2.49. The summed E-state index contributed by atoms with van der Waals surface area (Å²) in [6, 6.07) is 14.8. The lowest BCUT2D eigenvalue weighted by atomic mass is 10.1. The summed E-state index contributed by atoms with van der Waals surface area (Å²) in [5.74, 6) is 0.596. The first-order chi connectivity index (χ1) is 9.69. The SMILES string of the molecule is COc1cccc(C(=O)C=CNc2ccc(Br)cc2)c1. The Balaban J connectivity index is 2.00. The van der Waals surface area contributed by atoms with Crippen LogP contribution in [0.4, 0.5) is 5.69 Å². The van der Waals surface area contributed by atoms with Crippen molar-refractivity contribution in [2.24, 2.45) is 0 Å². The lowest BCUT2D eigenvalue weighted by Gasteiger charge is -2.02. The van der Waals surface area contributed by atoms with Crippen LogP contribution in [0.3, 0.4) is 0 Å². The Hall–Kier alpha value is -2.07. The number of carbonyl (C=O) groups excluding carboxylic acids is 1. The van der Waals surface area contributed by atoms with Gasteiger partial charge in [0.1, 0.15) is 5.75 Å². The van der Waals surface area contributed by atoms with Gasteiger partial charge < -0.3 is 10.1 Å². The highest BCUT2D eigenvalue weighted by atomic mass is 79.9. The number of anilines is 1. The molecule has 0 aliphatic rings. The third kappa shape index (κ3) is 3.96. The molecular formula is C16H14BrNO2. The van der Waals surface area contributed by atoms with Crippen molar-refractivity contribution in [1.29, 1.82) is 0 Å². The molecule has 0 aliphatic carbocycles. The van der Waals surface area contributed by atoms with Gasteiger partial charge in [0.25, 0.3) is 0 Å². The Morgan fingerprint density at radius 2 is 1.95 bits per heavy atom. The summed E-state index contributed by atoms with van der Waals surface area (Å²) in [5.41, 5.74) is 1.51. The molecule has 2 rings (SSSR count). The van der Waals surface area contributed by atoms with Gasteiger partial charge in [-0.3, -0.25) is 4.79 Å². The van der Waals surface area contributed by atoms with Crippen LogP contribution in [0.25, 0.3) is 0 Å². The number of hydrogen-bond acceptors (Lipinski definition) is 3. The third-order valence-electron chi connectivity index (χ3n) is 2.68. The van der Waals surface area contributed by atoms with Crippen molar-refractivity contribution in [2.75, 3.05) is 12.4 Å². The number of ether oxygens (including phenoxy) is 1. The molecule has 0 saturated carbocycles.